The molecule has 2 rings (SSSR count). The van der Waals surface area contributed by atoms with Crippen LogP contribution in [-0.4, -0.2) is 44.4 Å². The Labute approximate surface area is 134 Å². The van der Waals surface area contributed by atoms with Gasteiger partial charge in [-0.25, -0.2) is 17.6 Å². The van der Waals surface area contributed by atoms with Crippen molar-refractivity contribution in [1.29, 1.82) is 0 Å². The fraction of sp³-hybridized carbons (Fsp3) is 0.462. The molecule has 0 amide bonds. The number of carbonyl (C=O) groups excluding carboxylic acids is 1. The Hall–Kier alpha value is -1.22. The molecular weight excluding hydrogens is 335 g/mol. The summed E-state index contributed by atoms with van der Waals surface area (Å²) in [6, 6.07) is 2.74. The summed E-state index contributed by atoms with van der Waals surface area (Å²) >= 11 is 0. The van der Waals surface area contributed by atoms with Crippen LogP contribution in [0, 0.1) is 5.82 Å². The maximum atomic E-state index is 13.6. The molecular formula is C13H18ClFN2O4S. The maximum absolute atomic E-state index is 13.6. The molecule has 2 N–H and O–H groups in total. The van der Waals surface area contributed by atoms with Crippen LogP contribution < -0.4 is 5.73 Å². The molecule has 9 heteroatoms. The van der Waals surface area contributed by atoms with E-state index in [4.69, 9.17) is 10.5 Å². The summed E-state index contributed by atoms with van der Waals surface area (Å²) in [6.07, 6.45) is 0.555. The van der Waals surface area contributed by atoms with Gasteiger partial charge in [0.15, 0.2) is 0 Å². The number of rotatable bonds is 4. The van der Waals surface area contributed by atoms with Crippen molar-refractivity contribution in [2.24, 2.45) is 5.73 Å². The summed E-state index contributed by atoms with van der Waals surface area (Å²) < 4.78 is 44.4. The third kappa shape index (κ3) is 3.95. The van der Waals surface area contributed by atoms with Crippen molar-refractivity contribution in [3.8, 4) is 0 Å². The first-order valence-electron chi connectivity index (χ1n) is 6.58. The number of hydrogen-bond acceptors (Lipinski definition) is 5. The zero-order valence-corrected chi connectivity index (χ0v) is 13.6. The van der Waals surface area contributed by atoms with Gasteiger partial charge in [-0.3, -0.25) is 0 Å². The molecule has 1 atom stereocenters. The van der Waals surface area contributed by atoms with E-state index in [0.29, 0.717) is 6.42 Å². The van der Waals surface area contributed by atoms with Crippen molar-refractivity contribution in [1.82, 2.24) is 4.31 Å². The first kappa shape index (κ1) is 18.8. The summed E-state index contributed by atoms with van der Waals surface area (Å²) in [5.74, 6) is -1.56. The van der Waals surface area contributed by atoms with E-state index in [1.165, 1.54) is 4.31 Å². The van der Waals surface area contributed by atoms with E-state index >= 15 is 0 Å². The molecule has 1 aliphatic heterocycles. The Bertz CT molecular complexity index is 653. The first-order valence-corrected chi connectivity index (χ1v) is 8.02. The second-order valence-electron chi connectivity index (χ2n) is 4.81. The highest BCUT2D eigenvalue weighted by Gasteiger charge is 2.31. The standard InChI is InChI=1S/C13H17FN2O4S.ClH/c1-2-20-13(17)9-5-10(14)7-12(6-9)21(18,19)16-4-3-11(15)8-16;/h5-7,11H,2-4,8,15H2,1H3;1H/t11-;/m1./s1. The number of hydrogen-bond donors (Lipinski definition) is 1. The number of halogens is 2. The second-order valence-corrected chi connectivity index (χ2v) is 6.75. The number of nitrogens with two attached hydrogens (primary N) is 1. The van der Waals surface area contributed by atoms with Gasteiger partial charge in [-0.15, -0.1) is 12.4 Å². The van der Waals surface area contributed by atoms with E-state index in [9.17, 15) is 17.6 Å². The molecule has 1 aliphatic rings. The van der Waals surface area contributed by atoms with E-state index in [-0.39, 0.29) is 48.6 Å². The molecule has 0 aliphatic carbocycles. The Kier molecular flexibility index (Phi) is 6.30. The van der Waals surface area contributed by atoms with Gasteiger partial charge in [-0.1, -0.05) is 0 Å². The smallest absolute Gasteiger partial charge is 0.338 e. The van der Waals surface area contributed by atoms with Gasteiger partial charge in [0.1, 0.15) is 5.82 Å². The van der Waals surface area contributed by atoms with Crippen molar-refractivity contribution >= 4 is 28.4 Å². The van der Waals surface area contributed by atoms with Gasteiger partial charge >= 0.3 is 5.97 Å². The number of esters is 1. The molecule has 1 fully saturated rings. The molecule has 0 unspecified atom stereocenters. The third-order valence-corrected chi connectivity index (χ3v) is 5.05. The summed E-state index contributed by atoms with van der Waals surface area (Å²) in [4.78, 5) is 11.4. The van der Waals surface area contributed by atoms with Crippen molar-refractivity contribution in [2.75, 3.05) is 19.7 Å². The zero-order chi connectivity index (χ0) is 15.6. The van der Waals surface area contributed by atoms with Crippen LogP contribution in [0.1, 0.15) is 23.7 Å². The van der Waals surface area contributed by atoms with Crippen LogP contribution in [0.3, 0.4) is 0 Å². The average molecular weight is 353 g/mol. The highest BCUT2D eigenvalue weighted by atomic mass is 35.5. The molecule has 124 valence electrons. The van der Waals surface area contributed by atoms with Gasteiger partial charge in [0.05, 0.1) is 17.1 Å². The van der Waals surface area contributed by atoms with Crippen LogP contribution >= 0.6 is 12.4 Å². The topological polar surface area (TPSA) is 89.7 Å². The van der Waals surface area contributed by atoms with Gasteiger partial charge in [-0.2, -0.15) is 4.31 Å². The predicted octanol–water partition coefficient (Wildman–Crippen LogP) is 1.15. The van der Waals surface area contributed by atoms with E-state index in [2.05, 4.69) is 0 Å². The normalized spacial score (nSPS) is 18.8. The molecule has 1 heterocycles. The number of ether oxygens (including phenoxy) is 1. The molecule has 0 spiro atoms. The minimum Gasteiger partial charge on any atom is -0.462 e. The van der Waals surface area contributed by atoms with Crippen molar-refractivity contribution < 1.29 is 22.3 Å². The van der Waals surface area contributed by atoms with E-state index in [1.54, 1.807) is 6.92 Å². The van der Waals surface area contributed by atoms with Gasteiger partial charge in [0.25, 0.3) is 0 Å². The van der Waals surface area contributed by atoms with Crippen molar-refractivity contribution in [3.05, 3.63) is 29.6 Å². The van der Waals surface area contributed by atoms with Crippen LogP contribution in [0.25, 0.3) is 0 Å². The second kappa shape index (κ2) is 7.36. The molecule has 0 radical (unpaired) electrons. The Morgan fingerprint density at radius 1 is 1.45 bits per heavy atom. The predicted molar refractivity (Wildman–Crippen MR) is 81.0 cm³/mol. The van der Waals surface area contributed by atoms with Crippen molar-refractivity contribution in [3.63, 3.8) is 0 Å². The van der Waals surface area contributed by atoms with E-state index < -0.39 is 21.8 Å². The zero-order valence-electron chi connectivity index (χ0n) is 12.0. The van der Waals surface area contributed by atoms with E-state index in [0.717, 1.165) is 18.2 Å². The Morgan fingerprint density at radius 3 is 2.68 bits per heavy atom. The fourth-order valence-electron chi connectivity index (χ4n) is 2.17. The van der Waals surface area contributed by atoms with Gasteiger partial charge in [0.2, 0.25) is 10.0 Å². The van der Waals surface area contributed by atoms with Crippen LogP contribution in [-0.2, 0) is 14.8 Å². The molecule has 1 saturated heterocycles. The molecule has 0 saturated carbocycles. The summed E-state index contributed by atoms with van der Waals surface area (Å²) in [5, 5.41) is 0. The molecule has 1 aromatic carbocycles. The highest BCUT2D eigenvalue weighted by Crippen LogP contribution is 2.22. The number of sulfonamides is 1. The van der Waals surface area contributed by atoms with Crippen molar-refractivity contribution in [2.45, 2.75) is 24.3 Å². The third-order valence-electron chi connectivity index (χ3n) is 3.21. The summed E-state index contributed by atoms with van der Waals surface area (Å²) in [6.45, 7) is 2.21. The average Bonchev–Trinajstić information content (AvgIpc) is 2.85. The molecule has 6 nitrogen and oxygen atoms in total. The molecule has 22 heavy (non-hydrogen) atoms. The summed E-state index contributed by atoms with van der Waals surface area (Å²) in [5.41, 5.74) is 5.57. The van der Waals surface area contributed by atoms with Crippen LogP contribution in [0.4, 0.5) is 4.39 Å². The number of benzene rings is 1. The maximum Gasteiger partial charge on any atom is 0.338 e. The van der Waals surface area contributed by atoms with Crippen LogP contribution in [0.2, 0.25) is 0 Å². The fourth-order valence-corrected chi connectivity index (χ4v) is 3.73. The minimum atomic E-state index is -3.86. The van der Waals surface area contributed by atoms with Gasteiger partial charge in [0, 0.05) is 19.1 Å². The molecule has 1 aromatic rings. The summed E-state index contributed by atoms with van der Waals surface area (Å²) in [7, 11) is -3.86. The lowest BCUT2D eigenvalue weighted by molar-refractivity contribution is 0.0525. The van der Waals surface area contributed by atoms with Gasteiger partial charge in [-0.05, 0) is 31.5 Å². The van der Waals surface area contributed by atoms with Crippen LogP contribution in [0.15, 0.2) is 23.1 Å². The van der Waals surface area contributed by atoms with E-state index in [1.807, 2.05) is 0 Å². The highest BCUT2D eigenvalue weighted by molar-refractivity contribution is 7.89. The minimum absolute atomic E-state index is 0. The van der Waals surface area contributed by atoms with Crippen LogP contribution in [0.5, 0.6) is 0 Å². The monoisotopic (exact) mass is 352 g/mol. The molecule has 0 aromatic heterocycles. The Morgan fingerprint density at radius 2 is 2.14 bits per heavy atom. The molecule has 0 bridgehead atoms. The Balaban J connectivity index is 0.00000242. The lowest BCUT2D eigenvalue weighted by atomic mass is 10.2. The lowest BCUT2D eigenvalue weighted by Gasteiger charge is -2.16. The first-order chi connectivity index (χ1) is 9.84. The quantitative estimate of drug-likeness (QED) is 0.821. The number of carbonyl (C=O) groups is 1. The largest absolute Gasteiger partial charge is 0.462 e. The lowest BCUT2D eigenvalue weighted by Crippen LogP contribution is -2.32. The van der Waals surface area contributed by atoms with Gasteiger partial charge < -0.3 is 10.5 Å². The number of nitrogens with zero attached hydrogens (tertiary/aromatic N) is 1. The SMILES string of the molecule is CCOC(=O)c1cc(F)cc(S(=O)(=O)N2CC[C@@H](N)C2)c1.Cl.